The summed E-state index contributed by atoms with van der Waals surface area (Å²) < 4.78 is 0. The first-order valence-corrected chi connectivity index (χ1v) is 8.29. The highest BCUT2D eigenvalue weighted by atomic mass is 16.2. The minimum Gasteiger partial charge on any atom is -0.363 e. The number of aryl methyl sites for hydroxylation is 2. The van der Waals surface area contributed by atoms with Crippen molar-refractivity contribution in [1.29, 1.82) is 0 Å². The lowest BCUT2D eigenvalue weighted by Crippen LogP contribution is -2.44. The quantitative estimate of drug-likeness (QED) is 0.682. The molecular weight excluding hydrogens is 298 g/mol. The van der Waals surface area contributed by atoms with Gasteiger partial charge in [-0.15, -0.1) is 0 Å². The third-order valence-corrected chi connectivity index (χ3v) is 5.13. The Labute approximate surface area is 140 Å². The molecule has 0 fully saturated rings. The molecule has 0 bridgehead atoms. The number of rotatable bonds is 2. The van der Waals surface area contributed by atoms with E-state index in [0.29, 0.717) is 17.8 Å². The average molecular weight is 317 g/mol. The van der Waals surface area contributed by atoms with Gasteiger partial charge in [-0.3, -0.25) is 9.59 Å². The molecule has 0 N–H and O–H groups in total. The summed E-state index contributed by atoms with van der Waals surface area (Å²) in [6, 6.07) is 14.3. The van der Waals surface area contributed by atoms with Gasteiger partial charge in [0, 0.05) is 13.1 Å². The Kier molecular flexibility index (Phi) is 3.38. The van der Waals surface area contributed by atoms with Crippen molar-refractivity contribution < 1.29 is 0 Å². The molecule has 0 amide bonds. The van der Waals surface area contributed by atoms with Gasteiger partial charge in [0.25, 0.3) is 0 Å². The van der Waals surface area contributed by atoms with Crippen LogP contribution < -0.4 is 15.8 Å². The Morgan fingerprint density at radius 1 is 0.875 bits per heavy atom. The van der Waals surface area contributed by atoms with Crippen LogP contribution in [0.25, 0.3) is 11.1 Å². The van der Waals surface area contributed by atoms with Gasteiger partial charge in [0.1, 0.15) is 5.69 Å². The molecule has 0 saturated heterocycles. The normalized spacial score (nSPS) is 14.0. The first kappa shape index (κ1) is 14.9. The first-order valence-electron chi connectivity index (χ1n) is 8.29. The second kappa shape index (κ2) is 5.45. The maximum atomic E-state index is 12.3. The van der Waals surface area contributed by atoms with E-state index in [1.807, 2.05) is 44.2 Å². The predicted octanol–water partition coefficient (Wildman–Crippen LogP) is 3.13. The Morgan fingerprint density at radius 2 is 1.62 bits per heavy atom. The molecule has 0 radical (unpaired) electrons. The van der Waals surface area contributed by atoms with Crippen molar-refractivity contribution in [3.63, 3.8) is 0 Å². The van der Waals surface area contributed by atoms with Crippen molar-refractivity contribution >= 4 is 5.69 Å². The second-order valence-electron chi connectivity index (χ2n) is 6.62. The van der Waals surface area contributed by atoms with Crippen LogP contribution in [0.5, 0.6) is 0 Å². The van der Waals surface area contributed by atoms with Gasteiger partial charge >= 0.3 is 0 Å². The molecule has 4 rings (SSSR count). The van der Waals surface area contributed by atoms with Gasteiger partial charge in [-0.05, 0) is 48.1 Å². The Bertz CT molecular complexity index is 1010. The molecule has 3 aromatic rings. The molecule has 120 valence electrons. The number of hydrogen-bond acceptors (Lipinski definition) is 3. The van der Waals surface area contributed by atoms with Crippen molar-refractivity contribution in [3.05, 3.63) is 85.2 Å². The number of hydrogen-bond donors (Lipinski definition) is 0. The maximum absolute atomic E-state index is 12.3. The minimum atomic E-state index is -0.355. The molecule has 1 aliphatic rings. The highest BCUT2D eigenvalue weighted by molar-refractivity contribution is 5.83. The molecular formula is C21H19NO2. The summed E-state index contributed by atoms with van der Waals surface area (Å²) >= 11 is 0. The molecule has 0 unspecified atom stereocenters. The SMILES string of the molecule is Cc1ccc(-c2c(N3CCc4ccccc4C3)c(=O)c2=O)cc1C. The van der Waals surface area contributed by atoms with E-state index in [0.717, 1.165) is 24.1 Å². The largest absolute Gasteiger partial charge is 0.363 e. The minimum absolute atomic E-state index is 0.345. The van der Waals surface area contributed by atoms with Crippen LogP contribution in [-0.4, -0.2) is 6.54 Å². The average Bonchev–Trinajstić information content (AvgIpc) is 2.61. The monoisotopic (exact) mass is 317 g/mol. The summed E-state index contributed by atoms with van der Waals surface area (Å²) in [5.74, 6) is 0. The molecule has 3 aromatic carbocycles. The van der Waals surface area contributed by atoms with Gasteiger partial charge in [0.15, 0.2) is 0 Å². The van der Waals surface area contributed by atoms with E-state index in [2.05, 4.69) is 17.0 Å². The Morgan fingerprint density at radius 3 is 2.38 bits per heavy atom. The molecule has 0 saturated carbocycles. The number of nitrogens with zero attached hydrogens (tertiary/aromatic N) is 1. The zero-order chi connectivity index (χ0) is 16.8. The standard InChI is InChI=1S/C21H19NO2/c1-13-7-8-16(11-14(13)2)18-19(21(24)20(18)23)22-10-9-15-5-3-4-6-17(15)12-22/h3-8,11H,9-10,12H2,1-2H3. The van der Waals surface area contributed by atoms with E-state index in [1.165, 1.54) is 16.7 Å². The second-order valence-corrected chi connectivity index (χ2v) is 6.62. The molecule has 0 atom stereocenters. The fourth-order valence-electron chi connectivity index (χ4n) is 3.53. The topological polar surface area (TPSA) is 37.4 Å². The van der Waals surface area contributed by atoms with Gasteiger partial charge in [-0.25, -0.2) is 0 Å². The van der Waals surface area contributed by atoms with E-state index in [1.54, 1.807) is 0 Å². The smallest absolute Gasteiger partial charge is 0.250 e. The van der Waals surface area contributed by atoms with Crippen molar-refractivity contribution in [1.82, 2.24) is 0 Å². The lowest BCUT2D eigenvalue weighted by atomic mass is 9.92. The third kappa shape index (κ3) is 2.20. The van der Waals surface area contributed by atoms with Crippen LogP contribution >= 0.6 is 0 Å². The third-order valence-electron chi connectivity index (χ3n) is 5.13. The van der Waals surface area contributed by atoms with Gasteiger partial charge in [0.2, 0.25) is 10.9 Å². The Hall–Kier alpha value is -2.68. The van der Waals surface area contributed by atoms with Gasteiger partial charge in [-0.1, -0.05) is 42.5 Å². The van der Waals surface area contributed by atoms with Crippen molar-refractivity contribution in [3.8, 4) is 11.1 Å². The molecule has 1 heterocycles. The molecule has 3 nitrogen and oxygen atoms in total. The van der Waals surface area contributed by atoms with Gasteiger partial charge in [0.05, 0.1) is 5.56 Å². The summed E-state index contributed by atoms with van der Waals surface area (Å²) in [5, 5.41) is 0. The molecule has 0 spiro atoms. The van der Waals surface area contributed by atoms with E-state index in [9.17, 15) is 9.59 Å². The molecule has 24 heavy (non-hydrogen) atoms. The van der Waals surface area contributed by atoms with E-state index in [-0.39, 0.29) is 10.9 Å². The van der Waals surface area contributed by atoms with Gasteiger partial charge < -0.3 is 4.90 Å². The fraction of sp³-hybridized carbons (Fsp3) is 0.238. The van der Waals surface area contributed by atoms with Crippen molar-refractivity contribution in [2.45, 2.75) is 26.8 Å². The summed E-state index contributed by atoms with van der Waals surface area (Å²) in [7, 11) is 0. The number of fused-ring (bicyclic) bond motifs is 1. The first-order chi connectivity index (χ1) is 11.6. The van der Waals surface area contributed by atoms with Gasteiger partial charge in [-0.2, -0.15) is 0 Å². The lowest BCUT2D eigenvalue weighted by molar-refractivity contribution is 0.727. The maximum Gasteiger partial charge on any atom is 0.250 e. The summed E-state index contributed by atoms with van der Waals surface area (Å²) in [6.45, 7) is 5.55. The molecule has 1 aliphatic heterocycles. The van der Waals surface area contributed by atoms with Crippen molar-refractivity contribution in [2.75, 3.05) is 11.4 Å². The highest BCUT2D eigenvalue weighted by Gasteiger charge is 2.29. The van der Waals surface area contributed by atoms with Crippen LogP contribution in [0.4, 0.5) is 5.69 Å². The van der Waals surface area contributed by atoms with Crippen LogP contribution in [0.15, 0.2) is 52.1 Å². The number of anilines is 1. The van der Waals surface area contributed by atoms with Crippen LogP contribution in [-0.2, 0) is 13.0 Å². The molecule has 0 aromatic heterocycles. The van der Waals surface area contributed by atoms with E-state index < -0.39 is 0 Å². The highest BCUT2D eigenvalue weighted by Crippen LogP contribution is 2.31. The van der Waals surface area contributed by atoms with Crippen LogP contribution in [0.3, 0.4) is 0 Å². The Balaban J connectivity index is 1.76. The van der Waals surface area contributed by atoms with Crippen LogP contribution in [0.1, 0.15) is 22.3 Å². The summed E-state index contributed by atoms with van der Waals surface area (Å²) in [6.07, 6.45) is 0.904. The fourth-order valence-corrected chi connectivity index (χ4v) is 3.53. The molecule has 3 heteroatoms. The summed E-state index contributed by atoms with van der Waals surface area (Å²) in [5.41, 5.74) is 6.23. The molecule has 0 aliphatic carbocycles. The van der Waals surface area contributed by atoms with E-state index in [4.69, 9.17) is 0 Å². The summed E-state index contributed by atoms with van der Waals surface area (Å²) in [4.78, 5) is 26.5. The number of benzene rings is 2. The zero-order valence-corrected chi connectivity index (χ0v) is 13.9. The van der Waals surface area contributed by atoms with Crippen molar-refractivity contribution in [2.24, 2.45) is 0 Å². The van der Waals surface area contributed by atoms with Crippen LogP contribution in [0.2, 0.25) is 0 Å². The lowest BCUT2D eigenvalue weighted by Gasteiger charge is -2.32. The van der Waals surface area contributed by atoms with E-state index >= 15 is 0 Å². The predicted molar refractivity (Wildman–Crippen MR) is 97.5 cm³/mol. The zero-order valence-electron chi connectivity index (χ0n) is 13.9. The van der Waals surface area contributed by atoms with Crippen LogP contribution in [0, 0.1) is 13.8 Å².